The van der Waals surface area contributed by atoms with E-state index in [-0.39, 0.29) is 12.5 Å². The van der Waals surface area contributed by atoms with Crippen molar-refractivity contribution in [3.8, 4) is 0 Å². The maximum absolute atomic E-state index is 11.8. The zero-order valence-electron chi connectivity index (χ0n) is 11.2. The summed E-state index contributed by atoms with van der Waals surface area (Å²) in [5.74, 6) is -0.285. The molecule has 19 heavy (non-hydrogen) atoms. The summed E-state index contributed by atoms with van der Waals surface area (Å²) in [6.45, 7) is 4.04. The highest BCUT2D eigenvalue weighted by molar-refractivity contribution is 5.91. The van der Waals surface area contributed by atoms with Gasteiger partial charge in [0.15, 0.2) is 5.69 Å². The second-order valence-corrected chi connectivity index (χ2v) is 4.84. The van der Waals surface area contributed by atoms with Crippen LogP contribution in [0.3, 0.4) is 0 Å². The molecule has 3 N–H and O–H groups in total. The number of nitrogens with one attached hydrogen (secondary N) is 2. The predicted molar refractivity (Wildman–Crippen MR) is 69.8 cm³/mol. The number of amides is 1. The summed E-state index contributed by atoms with van der Waals surface area (Å²) in [6.07, 6.45) is 3.78. The Kier molecular flexibility index (Phi) is 4.86. The number of aliphatic hydroxyl groups excluding tert-OH is 1. The summed E-state index contributed by atoms with van der Waals surface area (Å²) >= 11 is 0. The minimum Gasteiger partial charge on any atom is -0.391 e. The van der Waals surface area contributed by atoms with E-state index >= 15 is 0 Å². The van der Waals surface area contributed by atoms with Crippen molar-refractivity contribution in [3.05, 3.63) is 11.9 Å². The molecule has 1 saturated heterocycles. The lowest BCUT2D eigenvalue weighted by molar-refractivity contribution is 0.0909. The van der Waals surface area contributed by atoms with E-state index in [1.54, 1.807) is 10.9 Å². The largest absolute Gasteiger partial charge is 0.391 e. The number of aliphatic hydroxyl groups is 1. The summed E-state index contributed by atoms with van der Waals surface area (Å²) in [4.78, 5) is 11.8. The van der Waals surface area contributed by atoms with Crippen molar-refractivity contribution in [1.29, 1.82) is 0 Å². The van der Waals surface area contributed by atoms with Crippen molar-refractivity contribution in [2.24, 2.45) is 0 Å². The average molecular weight is 267 g/mol. The van der Waals surface area contributed by atoms with E-state index < -0.39 is 6.10 Å². The lowest BCUT2D eigenvalue weighted by Gasteiger charge is -2.22. The first-order valence-electron chi connectivity index (χ1n) is 6.79. The van der Waals surface area contributed by atoms with Gasteiger partial charge in [-0.15, -0.1) is 5.10 Å². The number of nitrogens with zero attached hydrogens (tertiary/aromatic N) is 3. The molecule has 0 saturated carbocycles. The maximum Gasteiger partial charge on any atom is 0.273 e. The number of carbonyl (C=O) groups excluding carboxylic acids is 1. The third-order valence-corrected chi connectivity index (χ3v) is 3.40. The van der Waals surface area contributed by atoms with E-state index in [9.17, 15) is 9.90 Å². The van der Waals surface area contributed by atoms with E-state index in [0.717, 1.165) is 25.9 Å². The Morgan fingerprint density at radius 1 is 1.63 bits per heavy atom. The standard InChI is InChI=1S/C12H21N5O2/c1-2-10(18)7-14-12(19)11-8-17(16-15-11)9-3-5-13-6-4-9/h8-10,13,18H,2-7H2,1H3,(H,14,19). The first-order valence-corrected chi connectivity index (χ1v) is 6.79. The predicted octanol–water partition coefficient (Wildman–Crippen LogP) is -0.297. The van der Waals surface area contributed by atoms with E-state index in [4.69, 9.17) is 0 Å². The topological polar surface area (TPSA) is 92.1 Å². The molecule has 0 aromatic carbocycles. The number of piperidine rings is 1. The highest BCUT2D eigenvalue weighted by atomic mass is 16.3. The van der Waals surface area contributed by atoms with Gasteiger partial charge in [-0.05, 0) is 32.4 Å². The average Bonchev–Trinajstić information content (AvgIpc) is 2.95. The van der Waals surface area contributed by atoms with Crippen LogP contribution in [0, 0.1) is 0 Å². The molecule has 7 nitrogen and oxygen atoms in total. The van der Waals surface area contributed by atoms with Crippen LogP contribution in [-0.4, -0.2) is 51.7 Å². The third-order valence-electron chi connectivity index (χ3n) is 3.40. The maximum atomic E-state index is 11.8. The van der Waals surface area contributed by atoms with Crippen molar-refractivity contribution >= 4 is 5.91 Å². The minimum absolute atomic E-state index is 0.246. The Labute approximate surface area is 112 Å². The van der Waals surface area contributed by atoms with Gasteiger partial charge in [0.05, 0.1) is 18.3 Å². The summed E-state index contributed by atoms with van der Waals surface area (Å²) < 4.78 is 1.77. The molecule has 1 atom stereocenters. The van der Waals surface area contributed by atoms with E-state index in [1.165, 1.54) is 0 Å². The van der Waals surface area contributed by atoms with Crippen LogP contribution in [0.5, 0.6) is 0 Å². The molecule has 1 aliphatic rings. The van der Waals surface area contributed by atoms with Crippen LogP contribution in [0.25, 0.3) is 0 Å². The normalized spacial score (nSPS) is 18.2. The molecule has 1 aromatic rings. The highest BCUT2D eigenvalue weighted by Crippen LogP contribution is 2.16. The van der Waals surface area contributed by atoms with Crippen molar-refractivity contribution in [1.82, 2.24) is 25.6 Å². The van der Waals surface area contributed by atoms with Crippen LogP contribution in [-0.2, 0) is 0 Å². The third kappa shape index (κ3) is 3.74. The van der Waals surface area contributed by atoms with Crippen LogP contribution in [0.15, 0.2) is 6.20 Å². The monoisotopic (exact) mass is 267 g/mol. The molecule has 1 aromatic heterocycles. The van der Waals surface area contributed by atoms with Gasteiger partial charge in [0.1, 0.15) is 0 Å². The number of hydrogen-bond donors (Lipinski definition) is 3. The molecule has 7 heteroatoms. The van der Waals surface area contributed by atoms with Crippen LogP contribution in [0.1, 0.15) is 42.7 Å². The zero-order valence-corrected chi connectivity index (χ0v) is 11.2. The Bertz CT molecular complexity index is 414. The molecule has 0 bridgehead atoms. The SMILES string of the molecule is CCC(O)CNC(=O)c1cn(C2CCNCC2)nn1. The van der Waals surface area contributed by atoms with Crippen LogP contribution < -0.4 is 10.6 Å². The number of rotatable bonds is 5. The van der Waals surface area contributed by atoms with Gasteiger partial charge in [0.25, 0.3) is 5.91 Å². The fourth-order valence-corrected chi connectivity index (χ4v) is 2.08. The van der Waals surface area contributed by atoms with Gasteiger partial charge in [-0.1, -0.05) is 12.1 Å². The van der Waals surface area contributed by atoms with Crippen molar-refractivity contribution in [3.63, 3.8) is 0 Å². The van der Waals surface area contributed by atoms with E-state index in [1.807, 2.05) is 6.92 Å². The highest BCUT2D eigenvalue weighted by Gasteiger charge is 2.18. The van der Waals surface area contributed by atoms with Crippen molar-refractivity contribution in [2.75, 3.05) is 19.6 Å². The first kappa shape index (κ1) is 14.0. The van der Waals surface area contributed by atoms with Crippen LogP contribution >= 0.6 is 0 Å². The van der Waals surface area contributed by atoms with Crippen molar-refractivity contribution < 1.29 is 9.90 Å². The van der Waals surface area contributed by atoms with Gasteiger partial charge in [-0.25, -0.2) is 4.68 Å². The molecule has 1 aliphatic heterocycles. The fraction of sp³-hybridized carbons (Fsp3) is 0.750. The molecular weight excluding hydrogens is 246 g/mol. The molecule has 0 aliphatic carbocycles. The molecule has 1 fully saturated rings. The fourth-order valence-electron chi connectivity index (χ4n) is 2.08. The Hall–Kier alpha value is -1.47. The number of hydrogen-bond acceptors (Lipinski definition) is 5. The van der Waals surface area contributed by atoms with Gasteiger partial charge in [-0.2, -0.15) is 0 Å². The lowest BCUT2D eigenvalue weighted by Crippen LogP contribution is -2.32. The summed E-state index contributed by atoms with van der Waals surface area (Å²) in [5.41, 5.74) is 0.307. The van der Waals surface area contributed by atoms with E-state index in [0.29, 0.717) is 18.2 Å². The first-order chi connectivity index (χ1) is 9.20. The van der Waals surface area contributed by atoms with Crippen LogP contribution in [0.4, 0.5) is 0 Å². The van der Waals surface area contributed by atoms with Crippen LogP contribution in [0.2, 0.25) is 0 Å². The smallest absolute Gasteiger partial charge is 0.273 e. The quantitative estimate of drug-likeness (QED) is 0.681. The Morgan fingerprint density at radius 2 is 2.37 bits per heavy atom. The summed E-state index contributed by atoms with van der Waals surface area (Å²) in [7, 11) is 0. The lowest BCUT2D eigenvalue weighted by atomic mass is 10.1. The van der Waals surface area contributed by atoms with Gasteiger partial charge in [-0.3, -0.25) is 4.79 Å². The van der Waals surface area contributed by atoms with Gasteiger partial charge < -0.3 is 15.7 Å². The molecular formula is C12H21N5O2. The minimum atomic E-state index is -0.511. The molecule has 0 radical (unpaired) electrons. The number of aromatic nitrogens is 3. The second-order valence-electron chi connectivity index (χ2n) is 4.84. The zero-order chi connectivity index (χ0) is 13.7. The second kappa shape index (κ2) is 6.63. The Balaban J connectivity index is 1.90. The van der Waals surface area contributed by atoms with E-state index in [2.05, 4.69) is 20.9 Å². The van der Waals surface area contributed by atoms with Gasteiger partial charge in [0, 0.05) is 6.54 Å². The molecule has 106 valence electrons. The molecule has 1 unspecified atom stereocenters. The van der Waals surface area contributed by atoms with Crippen molar-refractivity contribution in [2.45, 2.75) is 38.3 Å². The van der Waals surface area contributed by atoms with Gasteiger partial charge >= 0.3 is 0 Å². The molecule has 2 rings (SSSR count). The number of carbonyl (C=O) groups is 1. The van der Waals surface area contributed by atoms with Gasteiger partial charge in [0.2, 0.25) is 0 Å². The molecule has 1 amide bonds. The Morgan fingerprint density at radius 3 is 3.05 bits per heavy atom. The summed E-state index contributed by atoms with van der Waals surface area (Å²) in [5, 5.41) is 23.3. The summed E-state index contributed by atoms with van der Waals surface area (Å²) in [6, 6.07) is 0.316. The molecule has 0 spiro atoms. The molecule has 2 heterocycles.